The highest BCUT2D eigenvalue weighted by atomic mass is 16.2. The molecule has 2 aliphatic heterocycles. The fraction of sp³-hybridized carbons (Fsp3) is 0.350. The van der Waals surface area contributed by atoms with E-state index in [-0.39, 0.29) is 11.1 Å². The first-order chi connectivity index (χ1) is 12.1. The molecule has 26 heavy (non-hydrogen) atoms. The van der Waals surface area contributed by atoms with Gasteiger partial charge in [-0.2, -0.15) is 0 Å². The maximum atomic E-state index is 12.0. The summed E-state index contributed by atoms with van der Waals surface area (Å²) in [6.45, 7) is 11.4. The van der Waals surface area contributed by atoms with E-state index >= 15 is 0 Å². The molecule has 6 heteroatoms. The molecule has 0 saturated carbocycles. The summed E-state index contributed by atoms with van der Waals surface area (Å²) >= 11 is 0. The lowest BCUT2D eigenvalue weighted by atomic mass is 9.86. The second kappa shape index (κ2) is 6.12. The number of carbonyl (C=O) groups is 3. The van der Waals surface area contributed by atoms with Crippen LogP contribution in [0.4, 0.5) is 10.5 Å². The Morgan fingerprint density at radius 3 is 2.27 bits per heavy atom. The smallest absolute Gasteiger partial charge is 0.328 e. The number of benzene rings is 1. The average molecular weight is 353 g/mol. The molecule has 0 aromatic heterocycles. The Morgan fingerprint density at radius 1 is 1.08 bits per heavy atom. The van der Waals surface area contributed by atoms with Gasteiger partial charge >= 0.3 is 6.03 Å². The third-order valence-corrected chi connectivity index (χ3v) is 4.92. The van der Waals surface area contributed by atoms with Crippen LogP contribution in [0.2, 0.25) is 0 Å². The third-order valence-electron chi connectivity index (χ3n) is 4.92. The largest absolute Gasteiger partial charge is 0.363 e. The molecular formula is C20H23N3O3. The molecule has 1 aromatic rings. The van der Waals surface area contributed by atoms with Crippen LogP contribution in [0, 0.1) is 6.92 Å². The summed E-state index contributed by atoms with van der Waals surface area (Å²) < 4.78 is 0. The van der Waals surface area contributed by atoms with Gasteiger partial charge in [0, 0.05) is 17.8 Å². The van der Waals surface area contributed by atoms with Crippen LogP contribution in [0.3, 0.4) is 0 Å². The number of barbiturate groups is 1. The van der Waals surface area contributed by atoms with E-state index in [1.54, 1.807) is 0 Å². The zero-order valence-electron chi connectivity index (χ0n) is 15.7. The Balaban J connectivity index is 2.12. The first-order valence-corrected chi connectivity index (χ1v) is 8.64. The molecule has 1 saturated heterocycles. The number of carbonyl (C=O) groups excluding carboxylic acids is 3. The van der Waals surface area contributed by atoms with Crippen LogP contribution in [0.1, 0.15) is 44.4 Å². The summed E-state index contributed by atoms with van der Waals surface area (Å²) in [5.41, 5.74) is 4.96. The summed E-state index contributed by atoms with van der Waals surface area (Å²) in [6.07, 6.45) is 3.76. The van der Waals surface area contributed by atoms with Gasteiger partial charge in [0.15, 0.2) is 0 Å². The summed E-state index contributed by atoms with van der Waals surface area (Å²) in [4.78, 5) is 37.5. The van der Waals surface area contributed by atoms with Crippen molar-refractivity contribution in [3.05, 3.63) is 40.5 Å². The van der Waals surface area contributed by atoms with Crippen LogP contribution in [-0.2, 0) is 9.59 Å². The van der Waals surface area contributed by atoms with Gasteiger partial charge in [-0.05, 0) is 69.5 Å². The van der Waals surface area contributed by atoms with Gasteiger partial charge in [-0.25, -0.2) is 4.79 Å². The minimum absolute atomic E-state index is 0.0715. The number of rotatable bonds is 2. The summed E-state index contributed by atoms with van der Waals surface area (Å²) in [7, 11) is 0. The standard InChI is InChI=1S/C20H23N3O3/c1-6-23-16-7-11(2)13(8-14(16)12(3)10-20(23,4)5)9-15-17(24)21-19(26)22-18(15)25/h7-10H,6H2,1-5H3,(H2,21,22,24,25,26). The Bertz CT molecular complexity index is 872. The van der Waals surface area contributed by atoms with Crippen LogP contribution in [0.15, 0.2) is 23.8 Å². The number of nitrogens with one attached hydrogen (secondary N) is 2. The van der Waals surface area contributed by atoms with E-state index in [0.29, 0.717) is 0 Å². The highest BCUT2D eigenvalue weighted by Crippen LogP contribution is 2.40. The summed E-state index contributed by atoms with van der Waals surface area (Å²) in [5, 5.41) is 4.20. The molecule has 0 aliphatic carbocycles. The Kier molecular flexibility index (Phi) is 4.22. The van der Waals surface area contributed by atoms with Crippen LogP contribution >= 0.6 is 0 Å². The molecule has 2 N–H and O–H groups in total. The van der Waals surface area contributed by atoms with Crippen molar-refractivity contribution >= 4 is 35.2 Å². The molecule has 1 fully saturated rings. The lowest BCUT2D eigenvalue weighted by molar-refractivity contribution is -0.123. The number of anilines is 1. The van der Waals surface area contributed by atoms with Gasteiger partial charge in [-0.15, -0.1) is 0 Å². The van der Waals surface area contributed by atoms with Gasteiger partial charge in [0.05, 0.1) is 5.54 Å². The number of amides is 4. The van der Waals surface area contributed by atoms with E-state index in [4.69, 9.17) is 0 Å². The van der Waals surface area contributed by atoms with Gasteiger partial charge in [-0.3, -0.25) is 20.2 Å². The molecule has 0 atom stereocenters. The maximum absolute atomic E-state index is 12.0. The quantitative estimate of drug-likeness (QED) is 0.633. The monoisotopic (exact) mass is 353 g/mol. The van der Waals surface area contributed by atoms with Crippen molar-refractivity contribution in [3.63, 3.8) is 0 Å². The molecule has 2 aliphatic rings. The second-order valence-electron chi connectivity index (χ2n) is 7.25. The fourth-order valence-electron chi connectivity index (χ4n) is 3.74. The van der Waals surface area contributed by atoms with E-state index in [1.165, 1.54) is 6.08 Å². The van der Waals surface area contributed by atoms with Gasteiger partial charge in [-0.1, -0.05) is 6.08 Å². The van der Waals surface area contributed by atoms with Crippen molar-refractivity contribution < 1.29 is 14.4 Å². The van der Waals surface area contributed by atoms with Gasteiger partial charge in [0.2, 0.25) is 0 Å². The molecule has 2 heterocycles. The molecular weight excluding hydrogens is 330 g/mol. The predicted octanol–water partition coefficient (Wildman–Crippen LogP) is 2.77. The van der Waals surface area contributed by atoms with Crippen LogP contribution in [0.25, 0.3) is 11.6 Å². The number of imide groups is 2. The molecule has 136 valence electrons. The van der Waals surface area contributed by atoms with Crippen molar-refractivity contribution in [2.45, 2.75) is 40.2 Å². The molecule has 0 spiro atoms. The molecule has 1 aromatic carbocycles. The number of hydrogen-bond donors (Lipinski definition) is 2. The average Bonchev–Trinajstić information content (AvgIpc) is 2.51. The zero-order valence-corrected chi connectivity index (χ0v) is 15.7. The lowest BCUT2D eigenvalue weighted by Crippen LogP contribution is -2.51. The lowest BCUT2D eigenvalue weighted by Gasteiger charge is -2.43. The van der Waals surface area contributed by atoms with Crippen molar-refractivity contribution in [1.82, 2.24) is 10.6 Å². The fourth-order valence-corrected chi connectivity index (χ4v) is 3.74. The summed E-state index contributed by atoms with van der Waals surface area (Å²) in [6, 6.07) is 3.30. The number of fused-ring (bicyclic) bond motifs is 1. The minimum atomic E-state index is -0.793. The number of aryl methyl sites for hydroxylation is 1. The van der Waals surface area contributed by atoms with Crippen molar-refractivity contribution in [2.24, 2.45) is 0 Å². The Labute approximate surface area is 152 Å². The highest BCUT2D eigenvalue weighted by Gasteiger charge is 2.31. The molecule has 4 amide bonds. The Hall–Kier alpha value is -2.89. The SMILES string of the molecule is CCN1c2cc(C)c(C=C3C(=O)NC(=O)NC3=O)cc2C(C)=CC1(C)C. The molecule has 3 rings (SSSR count). The van der Waals surface area contributed by atoms with Crippen molar-refractivity contribution in [3.8, 4) is 0 Å². The van der Waals surface area contributed by atoms with Gasteiger partial charge in [0.25, 0.3) is 11.8 Å². The van der Waals surface area contributed by atoms with E-state index < -0.39 is 17.8 Å². The maximum Gasteiger partial charge on any atom is 0.328 e. The van der Waals surface area contributed by atoms with Crippen LogP contribution < -0.4 is 15.5 Å². The van der Waals surface area contributed by atoms with Gasteiger partial charge in [0.1, 0.15) is 5.57 Å². The Morgan fingerprint density at radius 2 is 1.69 bits per heavy atom. The summed E-state index contributed by atoms with van der Waals surface area (Å²) in [5.74, 6) is -1.36. The molecule has 6 nitrogen and oxygen atoms in total. The molecule has 0 radical (unpaired) electrons. The minimum Gasteiger partial charge on any atom is -0.363 e. The highest BCUT2D eigenvalue weighted by molar-refractivity contribution is 6.31. The topological polar surface area (TPSA) is 78.5 Å². The van der Waals surface area contributed by atoms with E-state index in [1.807, 2.05) is 13.0 Å². The first kappa shape index (κ1) is 17.9. The van der Waals surface area contributed by atoms with E-state index in [0.717, 1.165) is 34.5 Å². The number of hydrogen-bond acceptors (Lipinski definition) is 4. The normalized spacial score (nSPS) is 18.8. The van der Waals surface area contributed by atoms with Crippen LogP contribution in [-0.4, -0.2) is 29.9 Å². The number of urea groups is 1. The number of allylic oxidation sites excluding steroid dienone is 1. The molecule has 0 bridgehead atoms. The second-order valence-corrected chi connectivity index (χ2v) is 7.25. The third kappa shape index (κ3) is 2.92. The number of likely N-dealkylation sites (N-methyl/N-ethyl adjacent to an activating group) is 1. The molecule has 0 unspecified atom stereocenters. The number of nitrogens with zero attached hydrogens (tertiary/aromatic N) is 1. The van der Waals surface area contributed by atoms with Gasteiger partial charge < -0.3 is 4.90 Å². The zero-order chi connectivity index (χ0) is 19.2. The first-order valence-electron chi connectivity index (χ1n) is 8.64. The van der Waals surface area contributed by atoms with E-state index in [9.17, 15) is 14.4 Å². The van der Waals surface area contributed by atoms with Crippen molar-refractivity contribution in [1.29, 1.82) is 0 Å². The predicted molar refractivity (Wildman–Crippen MR) is 102 cm³/mol. The van der Waals surface area contributed by atoms with E-state index in [2.05, 4.69) is 55.4 Å². The van der Waals surface area contributed by atoms with Crippen LogP contribution in [0.5, 0.6) is 0 Å². The van der Waals surface area contributed by atoms with Crippen molar-refractivity contribution in [2.75, 3.05) is 11.4 Å².